The maximum absolute atomic E-state index is 12.9. The van der Waals surface area contributed by atoms with Crippen LogP contribution >= 0.6 is 11.8 Å². The molecule has 0 unspecified atom stereocenters. The van der Waals surface area contributed by atoms with Crippen LogP contribution in [-0.2, 0) is 23.9 Å². The minimum Gasteiger partial charge on any atom is -0.493 e. The number of benzene rings is 2. The molecule has 2 aromatic rings. The van der Waals surface area contributed by atoms with E-state index in [9.17, 15) is 19.2 Å². The minimum absolute atomic E-state index is 0.157. The normalized spacial score (nSPS) is 16.4. The van der Waals surface area contributed by atoms with Gasteiger partial charge in [0.1, 0.15) is 6.54 Å². The Morgan fingerprint density at radius 3 is 2.51 bits per heavy atom. The first-order valence-electron chi connectivity index (χ1n) is 12.3. The molecule has 11 nitrogen and oxygen atoms in total. The van der Waals surface area contributed by atoms with Crippen LogP contribution in [-0.4, -0.2) is 81.1 Å². The van der Waals surface area contributed by atoms with E-state index in [2.05, 4.69) is 10.2 Å². The zero-order valence-electron chi connectivity index (χ0n) is 21.6. The number of ether oxygens (including phenoxy) is 4. The van der Waals surface area contributed by atoms with Gasteiger partial charge in [0.25, 0.3) is 11.1 Å². The van der Waals surface area contributed by atoms with Crippen LogP contribution in [0.15, 0.2) is 47.4 Å². The van der Waals surface area contributed by atoms with Crippen molar-refractivity contribution in [3.8, 4) is 11.5 Å². The van der Waals surface area contributed by atoms with Crippen molar-refractivity contribution in [2.24, 2.45) is 0 Å². The van der Waals surface area contributed by atoms with E-state index >= 15 is 0 Å². The molecule has 4 rings (SSSR count). The zero-order valence-corrected chi connectivity index (χ0v) is 22.5. The number of hydrogen-bond acceptors (Lipinski definition) is 10. The zero-order chi connectivity index (χ0) is 27.8. The molecule has 39 heavy (non-hydrogen) atoms. The molecule has 2 aliphatic heterocycles. The average molecular weight is 556 g/mol. The number of imide groups is 1. The summed E-state index contributed by atoms with van der Waals surface area (Å²) >= 11 is 0.740. The molecule has 0 radical (unpaired) electrons. The maximum atomic E-state index is 12.9. The first kappa shape index (κ1) is 28.0. The standard InChI is InChI=1S/C27H29N3O8S/c1-3-37-25(32)17-38-22-14-18(4-9-21(22)35-2)15-23-26(33)30(27(34)39-23)16-24(31)28-19-5-7-20(8-6-19)29-10-12-36-13-11-29/h4-9,14-15H,3,10-13,16-17H2,1-2H3,(H,28,31)/b23-15-. The third-order valence-corrected chi connectivity index (χ3v) is 6.75. The number of nitrogens with zero attached hydrogens (tertiary/aromatic N) is 2. The largest absolute Gasteiger partial charge is 0.493 e. The highest BCUT2D eigenvalue weighted by molar-refractivity contribution is 8.18. The first-order chi connectivity index (χ1) is 18.9. The molecule has 0 bridgehead atoms. The Balaban J connectivity index is 1.37. The number of rotatable bonds is 10. The molecule has 0 aromatic heterocycles. The molecule has 0 atom stereocenters. The fraction of sp³-hybridized carbons (Fsp3) is 0.333. The summed E-state index contributed by atoms with van der Waals surface area (Å²) in [5.41, 5.74) is 2.14. The van der Waals surface area contributed by atoms with Crippen LogP contribution in [0.1, 0.15) is 12.5 Å². The van der Waals surface area contributed by atoms with Gasteiger partial charge in [0, 0.05) is 24.5 Å². The number of anilines is 2. The lowest BCUT2D eigenvalue weighted by Crippen LogP contribution is -2.36. The second-order valence-electron chi connectivity index (χ2n) is 8.47. The van der Waals surface area contributed by atoms with Crippen molar-refractivity contribution < 1.29 is 38.1 Å². The molecule has 206 valence electrons. The van der Waals surface area contributed by atoms with Gasteiger partial charge in [-0.15, -0.1) is 0 Å². The highest BCUT2D eigenvalue weighted by Crippen LogP contribution is 2.34. The number of carbonyl (C=O) groups excluding carboxylic acids is 4. The van der Waals surface area contributed by atoms with E-state index in [0.717, 1.165) is 35.4 Å². The van der Waals surface area contributed by atoms with Gasteiger partial charge in [-0.25, -0.2) is 4.79 Å². The van der Waals surface area contributed by atoms with E-state index in [-0.39, 0.29) is 23.9 Å². The van der Waals surface area contributed by atoms with Gasteiger partial charge in [-0.05, 0) is 66.7 Å². The SMILES string of the molecule is CCOC(=O)COc1cc(/C=C2\SC(=O)N(CC(=O)Nc3ccc(N4CCOCC4)cc3)C2=O)ccc1OC. The summed E-state index contributed by atoms with van der Waals surface area (Å²) in [5, 5.41) is 2.19. The Bertz CT molecular complexity index is 1260. The Morgan fingerprint density at radius 1 is 1.08 bits per heavy atom. The number of carbonyl (C=O) groups is 4. The van der Waals surface area contributed by atoms with Crippen molar-refractivity contribution in [1.82, 2.24) is 4.90 Å². The monoisotopic (exact) mass is 555 g/mol. The van der Waals surface area contributed by atoms with Crippen LogP contribution in [0.25, 0.3) is 6.08 Å². The van der Waals surface area contributed by atoms with Crippen LogP contribution in [0.3, 0.4) is 0 Å². The molecule has 2 heterocycles. The van der Waals surface area contributed by atoms with E-state index in [1.807, 2.05) is 12.1 Å². The van der Waals surface area contributed by atoms with Gasteiger partial charge >= 0.3 is 5.97 Å². The van der Waals surface area contributed by atoms with Gasteiger partial charge in [0.05, 0.1) is 31.8 Å². The molecular weight excluding hydrogens is 526 g/mol. The van der Waals surface area contributed by atoms with Crippen LogP contribution < -0.4 is 19.7 Å². The Morgan fingerprint density at radius 2 is 1.82 bits per heavy atom. The second kappa shape index (κ2) is 13.2. The summed E-state index contributed by atoms with van der Waals surface area (Å²) in [6, 6.07) is 12.3. The Hall–Kier alpha value is -4.03. The molecule has 1 N–H and O–H groups in total. The van der Waals surface area contributed by atoms with Crippen LogP contribution in [0.4, 0.5) is 16.2 Å². The molecule has 2 fully saturated rings. The number of esters is 1. The fourth-order valence-corrected chi connectivity index (χ4v) is 4.78. The molecule has 12 heteroatoms. The van der Waals surface area contributed by atoms with Crippen molar-refractivity contribution in [1.29, 1.82) is 0 Å². The molecule has 0 spiro atoms. The molecule has 0 saturated carbocycles. The molecule has 2 saturated heterocycles. The number of morpholine rings is 1. The van der Waals surface area contributed by atoms with Crippen LogP contribution in [0, 0.1) is 0 Å². The fourth-order valence-electron chi connectivity index (χ4n) is 3.94. The summed E-state index contributed by atoms with van der Waals surface area (Å²) in [6.45, 7) is 4.16. The lowest BCUT2D eigenvalue weighted by atomic mass is 10.2. The van der Waals surface area contributed by atoms with E-state index in [1.165, 1.54) is 13.2 Å². The first-order valence-corrected chi connectivity index (χ1v) is 13.1. The number of methoxy groups -OCH3 is 1. The van der Waals surface area contributed by atoms with Gasteiger partial charge in [0.15, 0.2) is 18.1 Å². The summed E-state index contributed by atoms with van der Waals surface area (Å²) < 4.78 is 21.0. The summed E-state index contributed by atoms with van der Waals surface area (Å²) in [5.74, 6) is -0.932. The number of thioether (sulfide) groups is 1. The molecule has 2 aromatic carbocycles. The van der Waals surface area contributed by atoms with Crippen molar-refractivity contribution in [3.05, 3.63) is 52.9 Å². The minimum atomic E-state index is -0.576. The van der Waals surface area contributed by atoms with Crippen molar-refractivity contribution in [2.75, 3.05) is 63.4 Å². The smallest absolute Gasteiger partial charge is 0.344 e. The van der Waals surface area contributed by atoms with Gasteiger partial charge < -0.3 is 29.2 Å². The van der Waals surface area contributed by atoms with Crippen molar-refractivity contribution >= 4 is 52.2 Å². The topological polar surface area (TPSA) is 124 Å². The van der Waals surface area contributed by atoms with Gasteiger partial charge in [-0.1, -0.05) is 6.07 Å². The number of nitrogens with one attached hydrogen (secondary N) is 1. The summed E-state index contributed by atoms with van der Waals surface area (Å²) in [7, 11) is 1.46. The molecule has 0 aliphatic carbocycles. The highest BCUT2D eigenvalue weighted by Gasteiger charge is 2.36. The van der Waals surface area contributed by atoms with E-state index in [1.54, 1.807) is 37.3 Å². The van der Waals surface area contributed by atoms with Crippen LogP contribution in [0.5, 0.6) is 11.5 Å². The maximum Gasteiger partial charge on any atom is 0.344 e. The quantitative estimate of drug-likeness (QED) is 0.345. The molecule has 2 aliphatic rings. The number of amides is 3. The highest BCUT2D eigenvalue weighted by atomic mass is 32.2. The van der Waals surface area contributed by atoms with E-state index in [0.29, 0.717) is 30.2 Å². The Labute approximate surface area is 230 Å². The summed E-state index contributed by atoms with van der Waals surface area (Å²) in [4.78, 5) is 53.0. The predicted molar refractivity (Wildman–Crippen MR) is 146 cm³/mol. The lowest BCUT2D eigenvalue weighted by molar-refractivity contribution is -0.145. The van der Waals surface area contributed by atoms with E-state index < -0.39 is 29.6 Å². The molecule has 3 amide bonds. The van der Waals surface area contributed by atoms with Crippen molar-refractivity contribution in [3.63, 3.8) is 0 Å². The third-order valence-electron chi connectivity index (χ3n) is 5.84. The summed E-state index contributed by atoms with van der Waals surface area (Å²) in [6.07, 6.45) is 1.52. The second-order valence-corrected chi connectivity index (χ2v) is 9.46. The third kappa shape index (κ3) is 7.30. The van der Waals surface area contributed by atoms with Crippen LogP contribution in [0.2, 0.25) is 0 Å². The Kier molecular flexibility index (Phi) is 9.45. The van der Waals surface area contributed by atoms with E-state index in [4.69, 9.17) is 18.9 Å². The van der Waals surface area contributed by atoms with Crippen molar-refractivity contribution in [2.45, 2.75) is 6.92 Å². The lowest BCUT2D eigenvalue weighted by Gasteiger charge is -2.28. The predicted octanol–water partition coefficient (Wildman–Crippen LogP) is 3.15. The van der Waals surface area contributed by atoms with Gasteiger partial charge in [0.2, 0.25) is 5.91 Å². The van der Waals surface area contributed by atoms with Gasteiger partial charge in [-0.2, -0.15) is 0 Å². The molecular formula is C27H29N3O8S. The average Bonchev–Trinajstić information content (AvgIpc) is 3.20. The van der Waals surface area contributed by atoms with Gasteiger partial charge in [-0.3, -0.25) is 19.3 Å². The number of hydrogen-bond donors (Lipinski definition) is 1.